The van der Waals surface area contributed by atoms with E-state index in [1.807, 2.05) is 0 Å². The van der Waals surface area contributed by atoms with Gasteiger partial charge >= 0.3 is 5.97 Å². The summed E-state index contributed by atoms with van der Waals surface area (Å²) in [5.74, 6) is -0.522. The van der Waals surface area contributed by atoms with Crippen LogP contribution in [-0.4, -0.2) is 37.2 Å². The van der Waals surface area contributed by atoms with Gasteiger partial charge < -0.3 is 9.64 Å². The smallest absolute Gasteiger partial charge is 0.338 e. The van der Waals surface area contributed by atoms with Crippen molar-refractivity contribution in [2.75, 3.05) is 24.6 Å². The van der Waals surface area contributed by atoms with Crippen LogP contribution in [0, 0.1) is 0 Å². The van der Waals surface area contributed by atoms with Crippen LogP contribution in [0.3, 0.4) is 0 Å². The molecule has 2 heterocycles. The van der Waals surface area contributed by atoms with E-state index in [4.69, 9.17) is 4.74 Å². The summed E-state index contributed by atoms with van der Waals surface area (Å²) in [7, 11) is 0. The molecule has 104 valence electrons. The van der Waals surface area contributed by atoms with Gasteiger partial charge in [0.1, 0.15) is 0 Å². The summed E-state index contributed by atoms with van der Waals surface area (Å²) in [4.78, 5) is 38.1. The van der Waals surface area contributed by atoms with Crippen LogP contribution in [0.2, 0.25) is 0 Å². The Morgan fingerprint density at radius 2 is 1.70 bits per heavy atom. The van der Waals surface area contributed by atoms with Crippen LogP contribution in [0.4, 0.5) is 5.69 Å². The Morgan fingerprint density at radius 1 is 1.15 bits per heavy atom. The molecule has 1 aromatic rings. The second-order valence-electron chi connectivity index (χ2n) is 4.97. The summed E-state index contributed by atoms with van der Waals surface area (Å²) in [5, 5.41) is 0. The van der Waals surface area contributed by atoms with E-state index in [1.54, 1.807) is 19.1 Å². The maximum atomic E-state index is 12.1. The molecule has 1 aromatic carbocycles. The third kappa shape index (κ3) is 1.90. The maximum absolute atomic E-state index is 12.1. The monoisotopic (exact) mass is 273 g/mol. The Balaban J connectivity index is 2.17. The summed E-state index contributed by atoms with van der Waals surface area (Å²) in [6.07, 6.45) is 0.847. The number of ketones is 2. The van der Waals surface area contributed by atoms with E-state index >= 15 is 0 Å². The first-order valence-electron chi connectivity index (χ1n) is 6.78. The normalized spacial score (nSPS) is 16.9. The molecule has 3 rings (SSSR count). The van der Waals surface area contributed by atoms with Crippen LogP contribution >= 0.6 is 0 Å². The second kappa shape index (κ2) is 4.74. The van der Waals surface area contributed by atoms with Gasteiger partial charge in [0.15, 0.2) is 11.6 Å². The molecule has 0 saturated heterocycles. The van der Waals surface area contributed by atoms with Crippen molar-refractivity contribution in [3.63, 3.8) is 0 Å². The first-order valence-corrected chi connectivity index (χ1v) is 6.78. The van der Waals surface area contributed by atoms with Crippen molar-refractivity contribution < 1.29 is 19.1 Å². The van der Waals surface area contributed by atoms with Crippen molar-refractivity contribution in [3.8, 4) is 0 Å². The second-order valence-corrected chi connectivity index (χ2v) is 4.97. The average molecular weight is 273 g/mol. The van der Waals surface area contributed by atoms with E-state index in [-0.39, 0.29) is 23.7 Å². The lowest BCUT2D eigenvalue weighted by Gasteiger charge is -2.35. The highest BCUT2D eigenvalue weighted by Gasteiger charge is 2.33. The topological polar surface area (TPSA) is 63.7 Å². The van der Waals surface area contributed by atoms with Gasteiger partial charge in [-0.3, -0.25) is 9.59 Å². The summed E-state index contributed by atoms with van der Waals surface area (Å²) in [6, 6.07) is 3.12. The highest BCUT2D eigenvalue weighted by Crippen LogP contribution is 2.36. The Hall–Kier alpha value is -2.17. The molecule has 0 unspecified atom stereocenters. The van der Waals surface area contributed by atoms with Crippen LogP contribution in [0.25, 0.3) is 0 Å². The molecular weight excluding hydrogens is 258 g/mol. The van der Waals surface area contributed by atoms with Crippen molar-refractivity contribution >= 4 is 23.2 Å². The average Bonchev–Trinajstić information content (AvgIpc) is 2.45. The molecule has 2 aliphatic heterocycles. The molecule has 0 spiro atoms. The van der Waals surface area contributed by atoms with Gasteiger partial charge in [0.25, 0.3) is 0 Å². The number of nitrogens with zero attached hydrogens (tertiary/aromatic N) is 1. The van der Waals surface area contributed by atoms with Gasteiger partial charge in [-0.15, -0.1) is 0 Å². The third-order valence-corrected chi connectivity index (χ3v) is 3.76. The summed E-state index contributed by atoms with van der Waals surface area (Å²) >= 11 is 0. The van der Waals surface area contributed by atoms with Crippen LogP contribution in [0.1, 0.15) is 50.8 Å². The SMILES string of the molecule is CCOC(=O)c1cc2c3c(c1)C(=O)CCN3CCC2=O. The number of rotatable bonds is 2. The molecule has 0 aromatic heterocycles. The first kappa shape index (κ1) is 12.8. The lowest BCUT2D eigenvalue weighted by molar-refractivity contribution is 0.0526. The predicted octanol–water partition coefficient (Wildman–Crippen LogP) is 1.84. The number of carbonyl (C=O) groups is 3. The molecule has 0 saturated carbocycles. The first-order chi connectivity index (χ1) is 9.61. The molecule has 5 heteroatoms. The zero-order valence-corrected chi connectivity index (χ0v) is 11.3. The lowest BCUT2D eigenvalue weighted by atomic mass is 9.89. The molecule has 0 radical (unpaired) electrons. The fraction of sp³-hybridized carbons (Fsp3) is 0.400. The zero-order valence-electron chi connectivity index (χ0n) is 11.3. The predicted molar refractivity (Wildman–Crippen MR) is 72.5 cm³/mol. The molecule has 0 N–H and O–H groups in total. The highest BCUT2D eigenvalue weighted by molar-refractivity contribution is 6.14. The Labute approximate surface area is 116 Å². The standard InChI is InChI=1S/C15H15NO4/c1-2-20-15(19)9-7-10-12(17)3-5-16-6-4-13(18)11(8-9)14(10)16/h7-8H,2-6H2,1H3. The quantitative estimate of drug-likeness (QED) is 0.769. The van der Waals surface area contributed by atoms with E-state index in [9.17, 15) is 14.4 Å². The van der Waals surface area contributed by atoms with Crippen LogP contribution in [-0.2, 0) is 4.74 Å². The van der Waals surface area contributed by atoms with Crippen molar-refractivity contribution in [2.24, 2.45) is 0 Å². The minimum Gasteiger partial charge on any atom is -0.462 e. The largest absolute Gasteiger partial charge is 0.462 e. The van der Waals surface area contributed by atoms with Crippen LogP contribution < -0.4 is 4.90 Å². The van der Waals surface area contributed by atoms with Gasteiger partial charge in [-0.2, -0.15) is 0 Å². The van der Waals surface area contributed by atoms with Crippen molar-refractivity contribution in [2.45, 2.75) is 19.8 Å². The summed E-state index contributed by atoms with van der Waals surface area (Å²) in [6.45, 7) is 3.27. The molecule has 0 atom stereocenters. The van der Waals surface area contributed by atoms with Crippen molar-refractivity contribution in [1.82, 2.24) is 0 Å². The van der Waals surface area contributed by atoms with Crippen LogP contribution in [0.5, 0.6) is 0 Å². The minimum atomic E-state index is -0.491. The molecule has 0 fully saturated rings. The summed E-state index contributed by atoms with van der Waals surface area (Å²) < 4.78 is 4.96. The van der Waals surface area contributed by atoms with Gasteiger partial charge in [-0.25, -0.2) is 4.79 Å². The van der Waals surface area contributed by atoms with Gasteiger partial charge in [0.05, 0.1) is 17.9 Å². The molecule has 0 aliphatic carbocycles. The van der Waals surface area contributed by atoms with Gasteiger partial charge in [0.2, 0.25) is 0 Å². The Kier molecular flexibility index (Phi) is 3.04. The number of anilines is 1. The minimum absolute atomic E-state index is 0.0154. The molecule has 0 bridgehead atoms. The fourth-order valence-electron chi connectivity index (χ4n) is 2.81. The highest BCUT2D eigenvalue weighted by atomic mass is 16.5. The van der Waals surface area contributed by atoms with E-state index in [0.29, 0.717) is 42.7 Å². The summed E-state index contributed by atoms with van der Waals surface area (Å²) in [5.41, 5.74) is 1.94. The van der Waals surface area contributed by atoms with E-state index in [0.717, 1.165) is 0 Å². The number of hydrogen-bond donors (Lipinski definition) is 0. The van der Waals surface area contributed by atoms with Gasteiger partial charge in [-0.1, -0.05) is 0 Å². The van der Waals surface area contributed by atoms with Crippen LogP contribution in [0.15, 0.2) is 12.1 Å². The molecule has 0 amide bonds. The zero-order chi connectivity index (χ0) is 14.3. The third-order valence-electron chi connectivity index (χ3n) is 3.76. The Morgan fingerprint density at radius 3 is 2.20 bits per heavy atom. The number of Topliss-reactive ketones (excluding diaryl/α,β-unsaturated/α-hetero) is 2. The van der Waals surface area contributed by atoms with E-state index in [1.165, 1.54) is 0 Å². The number of carbonyl (C=O) groups excluding carboxylic acids is 3. The number of hydrogen-bond acceptors (Lipinski definition) is 5. The number of ether oxygens (including phenoxy) is 1. The van der Waals surface area contributed by atoms with Gasteiger partial charge in [0, 0.05) is 37.1 Å². The number of benzene rings is 1. The molecule has 2 aliphatic rings. The Bertz CT molecular complexity index is 579. The van der Waals surface area contributed by atoms with E-state index < -0.39 is 5.97 Å². The fourth-order valence-corrected chi connectivity index (χ4v) is 2.81. The number of esters is 1. The molecule has 20 heavy (non-hydrogen) atoms. The van der Waals surface area contributed by atoms with Crippen molar-refractivity contribution in [3.05, 3.63) is 28.8 Å². The molecule has 5 nitrogen and oxygen atoms in total. The van der Waals surface area contributed by atoms with E-state index in [2.05, 4.69) is 4.90 Å². The molecular formula is C15H15NO4. The lowest BCUT2D eigenvalue weighted by Crippen LogP contribution is -2.38. The van der Waals surface area contributed by atoms with Gasteiger partial charge in [-0.05, 0) is 19.1 Å². The van der Waals surface area contributed by atoms with Crippen molar-refractivity contribution in [1.29, 1.82) is 0 Å². The maximum Gasteiger partial charge on any atom is 0.338 e.